The fourth-order valence-corrected chi connectivity index (χ4v) is 1.69. The van der Waals surface area contributed by atoms with Crippen LogP contribution in [0.2, 0.25) is 0 Å². The van der Waals surface area contributed by atoms with Crippen LogP contribution in [0.15, 0.2) is 12.2 Å². The largest absolute Gasteiger partial charge is 0.0877 e. The minimum Gasteiger partial charge on any atom is -0.0877 e. The van der Waals surface area contributed by atoms with Crippen LogP contribution in [-0.4, -0.2) is 0 Å². The third kappa shape index (κ3) is 3.09. The van der Waals surface area contributed by atoms with Crippen molar-refractivity contribution in [3.63, 3.8) is 0 Å². The molecule has 0 aromatic carbocycles. The Bertz CT molecular complexity index is 124. The van der Waals surface area contributed by atoms with Crippen molar-refractivity contribution in [2.45, 2.75) is 46.0 Å². The molecule has 0 N–H and O–H groups in total. The summed E-state index contributed by atoms with van der Waals surface area (Å²) in [5.74, 6) is 1.88. The van der Waals surface area contributed by atoms with E-state index in [1.54, 1.807) is 0 Å². The van der Waals surface area contributed by atoms with Crippen molar-refractivity contribution < 1.29 is 0 Å². The van der Waals surface area contributed by atoms with Gasteiger partial charge in [-0.3, -0.25) is 0 Å². The first-order chi connectivity index (χ1) is 5.33. The number of hydrogen-bond donors (Lipinski definition) is 0. The average molecular weight is 152 g/mol. The van der Waals surface area contributed by atoms with Gasteiger partial charge < -0.3 is 0 Å². The highest BCUT2D eigenvalue weighted by Gasteiger charge is 2.13. The van der Waals surface area contributed by atoms with E-state index in [1.165, 1.54) is 32.1 Å². The fourth-order valence-electron chi connectivity index (χ4n) is 1.69. The molecule has 0 spiro atoms. The summed E-state index contributed by atoms with van der Waals surface area (Å²) in [4.78, 5) is 0. The first kappa shape index (κ1) is 8.83. The molecule has 0 amide bonds. The van der Waals surface area contributed by atoms with Gasteiger partial charge in [0.2, 0.25) is 0 Å². The van der Waals surface area contributed by atoms with Gasteiger partial charge in [-0.2, -0.15) is 0 Å². The molecule has 1 aliphatic rings. The van der Waals surface area contributed by atoms with Gasteiger partial charge in [0.15, 0.2) is 0 Å². The molecule has 0 heteroatoms. The quantitative estimate of drug-likeness (QED) is 0.526. The van der Waals surface area contributed by atoms with Crippen LogP contribution < -0.4 is 0 Å². The van der Waals surface area contributed by atoms with Gasteiger partial charge in [-0.05, 0) is 24.7 Å². The summed E-state index contributed by atoms with van der Waals surface area (Å²) in [5, 5.41) is 0. The van der Waals surface area contributed by atoms with Crippen molar-refractivity contribution in [2.75, 3.05) is 0 Å². The summed E-state index contributed by atoms with van der Waals surface area (Å²) in [5.41, 5.74) is 0. The van der Waals surface area contributed by atoms with Crippen molar-refractivity contribution >= 4 is 0 Å². The Hall–Kier alpha value is -0.260. The number of unbranched alkanes of at least 4 members (excludes halogenated alkanes) is 1. The summed E-state index contributed by atoms with van der Waals surface area (Å²) in [6, 6.07) is 0. The van der Waals surface area contributed by atoms with Crippen LogP contribution in [0.3, 0.4) is 0 Å². The Balaban J connectivity index is 2.00. The SMILES string of the molecule is CCCC[C@@H](C)C[C@@H]1C=CC1. The molecule has 0 radical (unpaired) electrons. The van der Waals surface area contributed by atoms with Crippen LogP contribution in [0.5, 0.6) is 0 Å². The first-order valence-electron chi connectivity index (χ1n) is 4.99. The van der Waals surface area contributed by atoms with Crippen LogP contribution in [0.4, 0.5) is 0 Å². The second-order valence-electron chi connectivity index (χ2n) is 3.91. The molecule has 0 saturated heterocycles. The summed E-state index contributed by atoms with van der Waals surface area (Å²) in [6.45, 7) is 4.66. The van der Waals surface area contributed by atoms with Gasteiger partial charge in [0.05, 0.1) is 0 Å². The molecule has 1 aliphatic carbocycles. The highest BCUT2D eigenvalue weighted by Crippen LogP contribution is 2.26. The molecule has 2 atom stereocenters. The lowest BCUT2D eigenvalue weighted by atomic mass is 9.85. The number of hydrogen-bond acceptors (Lipinski definition) is 0. The summed E-state index contributed by atoms with van der Waals surface area (Å²) in [6.07, 6.45) is 11.6. The molecule has 0 fully saturated rings. The van der Waals surface area contributed by atoms with Crippen LogP contribution in [0.1, 0.15) is 46.0 Å². The molecular weight excluding hydrogens is 132 g/mol. The van der Waals surface area contributed by atoms with E-state index in [-0.39, 0.29) is 0 Å². The van der Waals surface area contributed by atoms with Gasteiger partial charge in [0, 0.05) is 0 Å². The lowest BCUT2D eigenvalue weighted by Gasteiger charge is -2.21. The summed E-state index contributed by atoms with van der Waals surface area (Å²) in [7, 11) is 0. The van der Waals surface area contributed by atoms with Crippen LogP contribution in [0.25, 0.3) is 0 Å². The molecule has 0 unspecified atom stereocenters. The molecule has 1 rings (SSSR count). The van der Waals surface area contributed by atoms with E-state index < -0.39 is 0 Å². The molecule has 0 aliphatic heterocycles. The highest BCUT2D eigenvalue weighted by atomic mass is 14.2. The first-order valence-corrected chi connectivity index (χ1v) is 4.99. The molecule has 0 heterocycles. The molecule has 0 aromatic heterocycles. The van der Waals surface area contributed by atoms with Gasteiger partial charge in [-0.15, -0.1) is 0 Å². The highest BCUT2D eigenvalue weighted by molar-refractivity contribution is 5.01. The van der Waals surface area contributed by atoms with Crippen molar-refractivity contribution in [3.05, 3.63) is 12.2 Å². The average Bonchev–Trinajstić information content (AvgIpc) is 1.93. The molecular formula is C11H20. The smallest absolute Gasteiger partial charge is 0.0196 e. The Labute approximate surface area is 70.7 Å². The second-order valence-corrected chi connectivity index (χ2v) is 3.91. The standard InChI is InChI=1S/C11H20/c1-3-4-6-10(2)9-11-7-5-8-11/h5,7,10-11H,3-4,6,8-9H2,1-2H3/t10-,11-/m1/s1. The Morgan fingerprint density at radius 2 is 2.27 bits per heavy atom. The monoisotopic (exact) mass is 152 g/mol. The third-order valence-electron chi connectivity index (χ3n) is 2.60. The van der Waals surface area contributed by atoms with E-state index in [9.17, 15) is 0 Å². The lowest BCUT2D eigenvalue weighted by Crippen LogP contribution is -2.08. The van der Waals surface area contributed by atoms with E-state index in [0.29, 0.717) is 0 Å². The fraction of sp³-hybridized carbons (Fsp3) is 0.818. The Kier molecular flexibility index (Phi) is 3.68. The Morgan fingerprint density at radius 3 is 2.73 bits per heavy atom. The van der Waals surface area contributed by atoms with E-state index in [2.05, 4.69) is 26.0 Å². The normalized spacial score (nSPS) is 24.7. The van der Waals surface area contributed by atoms with Gasteiger partial charge >= 0.3 is 0 Å². The topological polar surface area (TPSA) is 0 Å². The zero-order valence-corrected chi connectivity index (χ0v) is 7.84. The Morgan fingerprint density at radius 1 is 1.55 bits per heavy atom. The van der Waals surface area contributed by atoms with Gasteiger partial charge in [0.1, 0.15) is 0 Å². The minimum atomic E-state index is 0.932. The minimum absolute atomic E-state index is 0.932. The maximum atomic E-state index is 2.39. The molecule has 0 nitrogen and oxygen atoms in total. The predicted octanol–water partition coefficient (Wildman–Crippen LogP) is 3.78. The zero-order valence-electron chi connectivity index (χ0n) is 7.84. The predicted molar refractivity (Wildman–Crippen MR) is 50.6 cm³/mol. The zero-order chi connectivity index (χ0) is 8.10. The van der Waals surface area contributed by atoms with E-state index >= 15 is 0 Å². The summed E-state index contributed by atoms with van der Waals surface area (Å²) >= 11 is 0. The second kappa shape index (κ2) is 4.58. The van der Waals surface area contributed by atoms with E-state index in [4.69, 9.17) is 0 Å². The maximum absolute atomic E-state index is 2.39. The van der Waals surface area contributed by atoms with Crippen LogP contribution in [0, 0.1) is 11.8 Å². The maximum Gasteiger partial charge on any atom is -0.0196 e. The third-order valence-corrected chi connectivity index (χ3v) is 2.60. The number of rotatable bonds is 5. The van der Waals surface area contributed by atoms with Crippen LogP contribution in [-0.2, 0) is 0 Å². The summed E-state index contributed by atoms with van der Waals surface area (Å²) < 4.78 is 0. The van der Waals surface area contributed by atoms with Crippen molar-refractivity contribution in [1.82, 2.24) is 0 Å². The van der Waals surface area contributed by atoms with Crippen molar-refractivity contribution in [2.24, 2.45) is 11.8 Å². The van der Waals surface area contributed by atoms with Gasteiger partial charge in [-0.25, -0.2) is 0 Å². The van der Waals surface area contributed by atoms with E-state index in [0.717, 1.165) is 11.8 Å². The van der Waals surface area contributed by atoms with Crippen molar-refractivity contribution in [1.29, 1.82) is 0 Å². The molecule has 0 bridgehead atoms. The van der Waals surface area contributed by atoms with Gasteiger partial charge in [-0.1, -0.05) is 45.3 Å². The van der Waals surface area contributed by atoms with Gasteiger partial charge in [0.25, 0.3) is 0 Å². The molecule has 0 aromatic rings. The van der Waals surface area contributed by atoms with Crippen molar-refractivity contribution in [3.8, 4) is 0 Å². The molecule has 64 valence electrons. The van der Waals surface area contributed by atoms with E-state index in [1.807, 2.05) is 0 Å². The lowest BCUT2D eigenvalue weighted by molar-refractivity contribution is 0.396. The molecule has 11 heavy (non-hydrogen) atoms. The van der Waals surface area contributed by atoms with Crippen LogP contribution >= 0.6 is 0 Å². The number of allylic oxidation sites excluding steroid dienone is 2. The molecule has 0 saturated carbocycles.